The lowest BCUT2D eigenvalue weighted by Gasteiger charge is -2.26. The highest BCUT2D eigenvalue weighted by atomic mass is 79.9. The number of halogens is 1. The number of hydrogen-bond acceptors (Lipinski definition) is 3. The van der Waals surface area contributed by atoms with Gasteiger partial charge in [0.05, 0.1) is 0 Å². The van der Waals surface area contributed by atoms with Gasteiger partial charge >= 0.3 is 0 Å². The Hall–Kier alpha value is -2.60. The second kappa shape index (κ2) is 7.56. The van der Waals surface area contributed by atoms with E-state index in [1.54, 1.807) is 30.3 Å². The van der Waals surface area contributed by atoms with Gasteiger partial charge in [-0.15, -0.1) is 0 Å². The molecule has 0 unspecified atom stereocenters. The molecule has 2 amide bonds. The van der Waals surface area contributed by atoms with E-state index in [0.717, 1.165) is 35.8 Å². The van der Waals surface area contributed by atoms with Crippen LogP contribution in [0.4, 0.5) is 5.69 Å². The maximum Gasteiger partial charge on any atom is 0.291 e. The van der Waals surface area contributed by atoms with Crippen molar-refractivity contribution < 1.29 is 14.0 Å². The number of furan rings is 1. The summed E-state index contributed by atoms with van der Waals surface area (Å²) in [5.41, 5.74) is 1.81. The number of carbonyl (C=O) groups excluding carboxylic acids is 2. The number of nitrogens with one attached hydrogen (secondary N) is 1. The van der Waals surface area contributed by atoms with Crippen molar-refractivity contribution in [3.63, 3.8) is 0 Å². The second-order valence-corrected chi connectivity index (χ2v) is 7.60. The maximum atomic E-state index is 12.6. The number of carbonyl (C=O) groups is 2. The van der Waals surface area contributed by atoms with Crippen LogP contribution >= 0.6 is 15.9 Å². The molecule has 0 aliphatic carbocycles. The summed E-state index contributed by atoms with van der Waals surface area (Å²) in [7, 11) is 0. The van der Waals surface area contributed by atoms with E-state index in [9.17, 15) is 9.59 Å². The Bertz CT molecular complexity index is 1010. The molecule has 6 heteroatoms. The zero-order valence-electron chi connectivity index (χ0n) is 14.7. The van der Waals surface area contributed by atoms with E-state index in [-0.39, 0.29) is 17.6 Å². The molecule has 1 aliphatic rings. The highest BCUT2D eigenvalue weighted by molar-refractivity contribution is 9.10. The number of nitrogens with zero attached hydrogens (tertiary/aromatic N) is 1. The Morgan fingerprint density at radius 2 is 1.81 bits per heavy atom. The van der Waals surface area contributed by atoms with E-state index < -0.39 is 0 Å². The average molecular weight is 427 g/mol. The molecule has 138 valence electrons. The van der Waals surface area contributed by atoms with Gasteiger partial charge in [-0.3, -0.25) is 9.59 Å². The van der Waals surface area contributed by atoms with Gasteiger partial charge in [0.15, 0.2) is 5.76 Å². The Balaban J connectivity index is 1.51. The van der Waals surface area contributed by atoms with Crippen molar-refractivity contribution in [2.24, 2.45) is 0 Å². The molecule has 1 aromatic heterocycles. The van der Waals surface area contributed by atoms with Crippen LogP contribution in [0.15, 0.2) is 57.4 Å². The lowest BCUT2D eigenvalue weighted by atomic mass is 10.1. The van der Waals surface area contributed by atoms with Crippen molar-refractivity contribution in [1.82, 2.24) is 4.90 Å². The van der Waals surface area contributed by atoms with Crippen molar-refractivity contribution >= 4 is 44.4 Å². The summed E-state index contributed by atoms with van der Waals surface area (Å²) in [5.74, 6) is -0.0971. The first-order chi connectivity index (χ1) is 13.1. The van der Waals surface area contributed by atoms with Gasteiger partial charge in [0.2, 0.25) is 0 Å². The van der Waals surface area contributed by atoms with Gasteiger partial charge < -0.3 is 14.6 Å². The maximum absolute atomic E-state index is 12.6. The van der Waals surface area contributed by atoms with Gasteiger partial charge in [-0.05, 0) is 61.7 Å². The standard InChI is InChI=1S/C21H19BrN2O3/c22-16-7-8-18-15(11-16)13-19(27-18)20(25)23-17-6-4-5-14(12-17)21(26)24-9-2-1-3-10-24/h4-8,11-13H,1-3,9-10H2,(H,23,25). The monoisotopic (exact) mass is 426 g/mol. The summed E-state index contributed by atoms with van der Waals surface area (Å²) in [4.78, 5) is 27.1. The number of amides is 2. The quantitative estimate of drug-likeness (QED) is 0.635. The van der Waals surface area contributed by atoms with E-state index in [1.807, 2.05) is 23.1 Å². The number of hydrogen-bond donors (Lipinski definition) is 1. The van der Waals surface area contributed by atoms with Gasteiger partial charge in [-0.1, -0.05) is 22.0 Å². The zero-order chi connectivity index (χ0) is 18.8. The number of anilines is 1. The Morgan fingerprint density at radius 1 is 1.00 bits per heavy atom. The third-order valence-corrected chi connectivity index (χ3v) is 5.21. The Kier molecular flexibility index (Phi) is 4.99. The molecule has 5 nitrogen and oxygen atoms in total. The number of likely N-dealkylation sites (tertiary alicyclic amines) is 1. The van der Waals surface area contributed by atoms with E-state index in [2.05, 4.69) is 21.2 Å². The Labute approximate surface area is 165 Å². The fourth-order valence-electron chi connectivity index (χ4n) is 3.33. The first-order valence-corrected chi connectivity index (χ1v) is 9.79. The second-order valence-electron chi connectivity index (χ2n) is 6.68. The van der Waals surface area contributed by atoms with Crippen molar-refractivity contribution in [3.8, 4) is 0 Å². The molecule has 1 N–H and O–H groups in total. The molecule has 0 radical (unpaired) electrons. The summed E-state index contributed by atoms with van der Waals surface area (Å²) in [6.45, 7) is 1.59. The molecule has 0 bridgehead atoms. The van der Waals surface area contributed by atoms with Crippen molar-refractivity contribution in [2.75, 3.05) is 18.4 Å². The molecule has 1 saturated heterocycles. The molecule has 4 rings (SSSR count). The molecule has 2 aromatic carbocycles. The van der Waals surface area contributed by atoms with Crippen molar-refractivity contribution in [1.29, 1.82) is 0 Å². The van der Waals surface area contributed by atoms with Gasteiger partial charge in [-0.2, -0.15) is 0 Å². The summed E-state index contributed by atoms with van der Waals surface area (Å²) in [5, 5.41) is 3.67. The van der Waals surface area contributed by atoms with Gasteiger partial charge in [0, 0.05) is 34.2 Å². The lowest BCUT2D eigenvalue weighted by Crippen LogP contribution is -2.35. The van der Waals surface area contributed by atoms with Crippen molar-refractivity contribution in [3.05, 3.63) is 64.3 Å². The van der Waals surface area contributed by atoms with E-state index >= 15 is 0 Å². The molecule has 27 heavy (non-hydrogen) atoms. The van der Waals surface area contributed by atoms with Crippen LogP contribution in [0.1, 0.15) is 40.2 Å². The first kappa shape index (κ1) is 17.8. The minimum Gasteiger partial charge on any atom is -0.451 e. The van der Waals surface area contributed by atoms with Crippen LogP contribution in [-0.4, -0.2) is 29.8 Å². The number of piperidine rings is 1. The smallest absolute Gasteiger partial charge is 0.291 e. The number of benzene rings is 2. The molecule has 2 heterocycles. The number of rotatable bonds is 3. The highest BCUT2D eigenvalue weighted by Crippen LogP contribution is 2.24. The molecule has 0 saturated carbocycles. The molecule has 1 fully saturated rings. The predicted octanol–water partition coefficient (Wildman–Crippen LogP) is 5.07. The molecular weight excluding hydrogens is 408 g/mol. The lowest BCUT2D eigenvalue weighted by molar-refractivity contribution is 0.0724. The predicted molar refractivity (Wildman–Crippen MR) is 108 cm³/mol. The normalized spacial score (nSPS) is 14.3. The van der Waals surface area contributed by atoms with Crippen LogP contribution < -0.4 is 5.32 Å². The average Bonchev–Trinajstić information content (AvgIpc) is 3.11. The van der Waals surface area contributed by atoms with Crippen LogP contribution in [0.5, 0.6) is 0 Å². The molecule has 0 atom stereocenters. The van der Waals surface area contributed by atoms with E-state index in [0.29, 0.717) is 16.8 Å². The minimum absolute atomic E-state index is 0.0133. The Morgan fingerprint density at radius 3 is 2.63 bits per heavy atom. The SMILES string of the molecule is O=C(Nc1cccc(C(=O)N2CCCCC2)c1)c1cc2cc(Br)ccc2o1. The molecule has 1 aliphatic heterocycles. The van der Waals surface area contributed by atoms with Gasteiger partial charge in [0.1, 0.15) is 5.58 Å². The summed E-state index contributed by atoms with van der Waals surface area (Å²) in [6.07, 6.45) is 3.27. The fraction of sp³-hybridized carbons (Fsp3) is 0.238. The summed E-state index contributed by atoms with van der Waals surface area (Å²) >= 11 is 3.41. The van der Waals surface area contributed by atoms with Gasteiger partial charge in [-0.25, -0.2) is 0 Å². The molecular formula is C21H19BrN2O3. The highest BCUT2D eigenvalue weighted by Gasteiger charge is 2.19. The van der Waals surface area contributed by atoms with Crippen LogP contribution in [0.2, 0.25) is 0 Å². The molecule has 3 aromatic rings. The summed E-state index contributed by atoms with van der Waals surface area (Å²) < 4.78 is 6.54. The minimum atomic E-state index is -0.343. The summed E-state index contributed by atoms with van der Waals surface area (Å²) in [6, 6.07) is 14.3. The zero-order valence-corrected chi connectivity index (χ0v) is 16.3. The first-order valence-electron chi connectivity index (χ1n) is 9.00. The van der Waals surface area contributed by atoms with E-state index in [4.69, 9.17) is 4.42 Å². The van der Waals surface area contributed by atoms with E-state index in [1.165, 1.54) is 6.42 Å². The number of fused-ring (bicyclic) bond motifs is 1. The van der Waals surface area contributed by atoms with Crippen LogP contribution in [0.3, 0.4) is 0 Å². The van der Waals surface area contributed by atoms with Gasteiger partial charge in [0.25, 0.3) is 11.8 Å². The largest absolute Gasteiger partial charge is 0.451 e. The molecule has 0 spiro atoms. The topological polar surface area (TPSA) is 62.6 Å². The van der Waals surface area contributed by atoms with Crippen LogP contribution in [0, 0.1) is 0 Å². The third-order valence-electron chi connectivity index (χ3n) is 4.71. The van der Waals surface area contributed by atoms with Crippen LogP contribution in [-0.2, 0) is 0 Å². The third kappa shape index (κ3) is 3.90. The fourth-order valence-corrected chi connectivity index (χ4v) is 3.71. The van der Waals surface area contributed by atoms with Crippen LogP contribution in [0.25, 0.3) is 11.0 Å². The van der Waals surface area contributed by atoms with Crippen molar-refractivity contribution in [2.45, 2.75) is 19.3 Å².